The second-order valence-corrected chi connectivity index (χ2v) is 5.80. The van der Waals surface area contributed by atoms with Crippen LogP contribution in [0.15, 0.2) is 18.2 Å². The number of rotatable bonds is 4. The molecule has 2 rings (SSSR count). The lowest BCUT2D eigenvalue weighted by Crippen LogP contribution is -2.40. The third-order valence-electron chi connectivity index (χ3n) is 4.20. The first kappa shape index (κ1) is 18.0. The average molecular weight is 312 g/mol. The van der Waals surface area contributed by atoms with Crippen molar-refractivity contribution in [2.75, 3.05) is 31.5 Å². The van der Waals surface area contributed by atoms with Crippen LogP contribution in [0, 0.1) is 19.8 Å². The number of carbonyl (C=O) groups is 1. The Bertz CT molecular complexity index is 471. The summed E-state index contributed by atoms with van der Waals surface area (Å²) in [5.74, 6) is 0.702. The van der Waals surface area contributed by atoms with Crippen LogP contribution in [0.3, 0.4) is 0 Å². The highest BCUT2D eigenvalue weighted by Gasteiger charge is 2.19. The molecule has 0 aromatic heterocycles. The van der Waals surface area contributed by atoms with Crippen LogP contribution in [0.25, 0.3) is 0 Å². The van der Waals surface area contributed by atoms with Crippen LogP contribution in [0.1, 0.15) is 24.0 Å². The predicted octanol–water partition coefficient (Wildman–Crippen LogP) is 2.33. The summed E-state index contributed by atoms with van der Waals surface area (Å²) < 4.78 is 0. The van der Waals surface area contributed by atoms with E-state index in [2.05, 4.69) is 24.1 Å². The third kappa shape index (κ3) is 5.30. The topological polar surface area (TPSA) is 58.4 Å². The number of anilines is 1. The molecule has 1 saturated heterocycles. The Labute approximate surface area is 133 Å². The maximum atomic E-state index is 12.1. The van der Waals surface area contributed by atoms with E-state index in [0.717, 1.165) is 38.2 Å². The van der Waals surface area contributed by atoms with Gasteiger partial charge < -0.3 is 11.1 Å². The molecule has 1 fully saturated rings. The Balaban J connectivity index is 0.00000220. The van der Waals surface area contributed by atoms with E-state index < -0.39 is 0 Å². The van der Waals surface area contributed by atoms with Gasteiger partial charge >= 0.3 is 0 Å². The van der Waals surface area contributed by atoms with Crippen LogP contribution < -0.4 is 11.1 Å². The number of aryl methyl sites for hydroxylation is 2. The molecule has 1 heterocycles. The molecule has 1 amide bonds. The zero-order chi connectivity index (χ0) is 14.5. The molecule has 0 bridgehead atoms. The van der Waals surface area contributed by atoms with E-state index >= 15 is 0 Å². The van der Waals surface area contributed by atoms with Crippen molar-refractivity contribution in [2.24, 2.45) is 11.7 Å². The van der Waals surface area contributed by atoms with Gasteiger partial charge in [-0.2, -0.15) is 0 Å². The maximum Gasteiger partial charge on any atom is 0.238 e. The molecule has 1 aromatic rings. The van der Waals surface area contributed by atoms with Gasteiger partial charge in [-0.1, -0.05) is 6.07 Å². The van der Waals surface area contributed by atoms with Crippen molar-refractivity contribution < 1.29 is 4.79 Å². The summed E-state index contributed by atoms with van der Waals surface area (Å²) in [6.07, 6.45) is 2.21. The molecule has 1 aliphatic rings. The summed E-state index contributed by atoms with van der Waals surface area (Å²) in [7, 11) is 0. The smallest absolute Gasteiger partial charge is 0.238 e. The van der Waals surface area contributed by atoms with Gasteiger partial charge in [0.15, 0.2) is 0 Å². The summed E-state index contributed by atoms with van der Waals surface area (Å²) in [5.41, 5.74) is 9.01. The van der Waals surface area contributed by atoms with Crippen LogP contribution in [0.5, 0.6) is 0 Å². The van der Waals surface area contributed by atoms with Gasteiger partial charge in [-0.05, 0) is 75.5 Å². The van der Waals surface area contributed by atoms with Crippen LogP contribution in [0.2, 0.25) is 0 Å². The van der Waals surface area contributed by atoms with Gasteiger partial charge in [0.1, 0.15) is 0 Å². The molecule has 1 aromatic carbocycles. The highest BCUT2D eigenvalue weighted by atomic mass is 35.5. The molecule has 0 atom stereocenters. The van der Waals surface area contributed by atoms with Crippen molar-refractivity contribution in [1.29, 1.82) is 0 Å². The first-order chi connectivity index (χ1) is 9.58. The second kappa shape index (κ2) is 8.37. The Kier molecular flexibility index (Phi) is 7.15. The van der Waals surface area contributed by atoms with E-state index in [-0.39, 0.29) is 18.3 Å². The molecule has 0 radical (unpaired) electrons. The number of halogens is 1. The zero-order valence-corrected chi connectivity index (χ0v) is 13.7. The van der Waals surface area contributed by atoms with Crippen molar-refractivity contribution in [2.45, 2.75) is 26.7 Å². The van der Waals surface area contributed by atoms with Crippen LogP contribution in [-0.4, -0.2) is 37.0 Å². The number of nitrogens with zero attached hydrogens (tertiary/aromatic N) is 1. The van der Waals surface area contributed by atoms with E-state index in [1.807, 2.05) is 18.2 Å². The van der Waals surface area contributed by atoms with Crippen molar-refractivity contribution in [3.8, 4) is 0 Å². The van der Waals surface area contributed by atoms with Gasteiger partial charge in [-0.3, -0.25) is 9.69 Å². The minimum atomic E-state index is 0. The van der Waals surface area contributed by atoms with E-state index in [0.29, 0.717) is 12.5 Å². The van der Waals surface area contributed by atoms with Crippen molar-refractivity contribution in [1.82, 2.24) is 4.90 Å². The molecule has 0 aliphatic carbocycles. The minimum Gasteiger partial charge on any atom is -0.330 e. The normalized spacial score (nSPS) is 16.3. The van der Waals surface area contributed by atoms with E-state index in [9.17, 15) is 4.79 Å². The lowest BCUT2D eigenvalue weighted by atomic mass is 9.97. The van der Waals surface area contributed by atoms with E-state index in [1.54, 1.807) is 0 Å². The Morgan fingerprint density at radius 2 is 1.95 bits per heavy atom. The van der Waals surface area contributed by atoms with Crippen molar-refractivity contribution in [3.05, 3.63) is 29.3 Å². The fraction of sp³-hybridized carbons (Fsp3) is 0.562. The molecule has 0 saturated carbocycles. The Hall–Kier alpha value is -1.10. The van der Waals surface area contributed by atoms with Gasteiger partial charge in [0.05, 0.1) is 6.54 Å². The van der Waals surface area contributed by atoms with Crippen LogP contribution in [0.4, 0.5) is 5.69 Å². The summed E-state index contributed by atoms with van der Waals surface area (Å²) in [5, 5.41) is 2.98. The predicted molar refractivity (Wildman–Crippen MR) is 90.0 cm³/mol. The number of piperidine rings is 1. The van der Waals surface area contributed by atoms with Crippen LogP contribution >= 0.6 is 12.4 Å². The molecule has 5 heteroatoms. The standard InChI is InChI=1S/C16H25N3O.ClH/c1-12-3-4-15(9-13(12)2)18-16(20)11-19-7-5-14(10-17)6-8-19;/h3-4,9,14H,5-8,10-11,17H2,1-2H3,(H,18,20);1H. The van der Waals surface area contributed by atoms with E-state index in [1.165, 1.54) is 11.1 Å². The number of benzene rings is 1. The lowest BCUT2D eigenvalue weighted by Gasteiger charge is -2.30. The maximum absolute atomic E-state index is 12.1. The fourth-order valence-corrected chi connectivity index (χ4v) is 2.60. The molecule has 4 nitrogen and oxygen atoms in total. The first-order valence-electron chi connectivity index (χ1n) is 7.38. The number of hydrogen-bond donors (Lipinski definition) is 2. The van der Waals surface area contributed by atoms with Gasteiger partial charge in [-0.25, -0.2) is 0 Å². The average Bonchev–Trinajstić information content (AvgIpc) is 2.44. The summed E-state index contributed by atoms with van der Waals surface area (Å²) >= 11 is 0. The molecule has 3 N–H and O–H groups in total. The van der Waals surface area contributed by atoms with Crippen LogP contribution in [-0.2, 0) is 4.79 Å². The number of amides is 1. The first-order valence-corrected chi connectivity index (χ1v) is 7.38. The number of likely N-dealkylation sites (tertiary alicyclic amines) is 1. The third-order valence-corrected chi connectivity index (χ3v) is 4.20. The number of nitrogens with two attached hydrogens (primary N) is 1. The number of hydrogen-bond acceptors (Lipinski definition) is 3. The fourth-order valence-electron chi connectivity index (χ4n) is 2.60. The summed E-state index contributed by atoms with van der Waals surface area (Å²) in [6, 6.07) is 6.02. The minimum absolute atomic E-state index is 0. The Morgan fingerprint density at radius 3 is 2.52 bits per heavy atom. The van der Waals surface area contributed by atoms with Gasteiger partial charge in [0.2, 0.25) is 5.91 Å². The van der Waals surface area contributed by atoms with E-state index in [4.69, 9.17) is 5.73 Å². The van der Waals surface area contributed by atoms with Crippen molar-refractivity contribution in [3.63, 3.8) is 0 Å². The molecule has 1 aliphatic heterocycles. The monoisotopic (exact) mass is 311 g/mol. The van der Waals surface area contributed by atoms with Gasteiger partial charge in [-0.15, -0.1) is 12.4 Å². The molecular formula is C16H26ClN3O. The SMILES string of the molecule is Cc1ccc(NC(=O)CN2CCC(CN)CC2)cc1C.Cl. The number of nitrogens with one attached hydrogen (secondary N) is 1. The summed E-state index contributed by atoms with van der Waals surface area (Å²) in [4.78, 5) is 14.3. The lowest BCUT2D eigenvalue weighted by molar-refractivity contribution is -0.117. The molecule has 0 spiro atoms. The molecular weight excluding hydrogens is 286 g/mol. The molecule has 21 heavy (non-hydrogen) atoms. The molecule has 0 unspecified atom stereocenters. The van der Waals surface area contributed by atoms with Crippen molar-refractivity contribution >= 4 is 24.0 Å². The summed E-state index contributed by atoms with van der Waals surface area (Å²) in [6.45, 7) is 7.32. The van der Waals surface area contributed by atoms with Gasteiger partial charge in [0, 0.05) is 5.69 Å². The zero-order valence-electron chi connectivity index (χ0n) is 12.9. The number of carbonyl (C=O) groups excluding carboxylic acids is 1. The Morgan fingerprint density at radius 1 is 1.29 bits per heavy atom. The highest BCUT2D eigenvalue weighted by Crippen LogP contribution is 2.16. The molecule has 118 valence electrons. The quantitative estimate of drug-likeness (QED) is 0.897. The largest absolute Gasteiger partial charge is 0.330 e. The highest BCUT2D eigenvalue weighted by molar-refractivity contribution is 5.92. The second-order valence-electron chi connectivity index (χ2n) is 5.80. The van der Waals surface area contributed by atoms with Gasteiger partial charge in [0.25, 0.3) is 0 Å².